The second-order valence-corrected chi connectivity index (χ2v) is 10.4. The Morgan fingerprint density at radius 1 is 1.27 bits per heavy atom. The molecule has 0 amide bonds. The highest BCUT2D eigenvalue weighted by Crippen LogP contribution is 2.34. The average Bonchev–Trinajstić information content (AvgIpc) is 2.67. The second-order valence-electron chi connectivity index (χ2n) is 7.44. The number of guanidine groups is 1. The number of nitrogens with two attached hydrogens (primary N) is 1. The molecule has 156 valence electrons. The minimum atomic E-state index is -3.70. The molecule has 7 nitrogen and oxygen atoms in total. The maximum atomic E-state index is 14.8. The van der Waals surface area contributed by atoms with Gasteiger partial charge in [0.1, 0.15) is 11.4 Å². The SMILES string of the molecule is CN1C(N)=N[C@](C)(c2cc(Cc3nccc4cc(Br)cnc34)ccc2F)CS1(=O)=O. The fourth-order valence-corrected chi connectivity index (χ4v) is 5.40. The van der Waals surface area contributed by atoms with Gasteiger partial charge in [0.05, 0.1) is 17.0 Å². The second kappa shape index (κ2) is 7.28. The van der Waals surface area contributed by atoms with Crippen LogP contribution in [0.15, 0.2) is 52.2 Å². The van der Waals surface area contributed by atoms with Gasteiger partial charge in [0.15, 0.2) is 0 Å². The Hall–Kier alpha value is -2.59. The van der Waals surface area contributed by atoms with Gasteiger partial charge >= 0.3 is 0 Å². The van der Waals surface area contributed by atoms with Gasteiger partial charge in [-0.25, -0.2) is 22.1 Å². The Balaban J connectivity index is 1.77. The quantitative estimate of drug-likeness (QED) is 0.606. The monoisotopic (exact) mass is 491 g/mol. The molecule has 1 aliphatic rings. The van der Waals surface area contributed by atoms with Crippen molar-refractivity contribution < 1.29 is 12.8 Å². The highest BCUT2D eigenvalue weighted by Gasteiger charge is 2.41. The number of fused-ring (bicyclic) bond motifs is 1. The molecule has 30 heavy (non-hydrogen) atoms. The Morgan fingerprint density at radius 3 is 2.77 bits per heavy atom. The van der Waals surface area contributed by atoms with Crippen LogP contribution in [0.3, 0.4) is 0 Å². The van der Waals surface area contributed by atoms with Gasteiger partial charge < -0.3 is 5.73 Å². The number of halogens is 2. The molecule has 0 saturated carbocycles. The highest BCUT2D eigenvalue weighted by molar-refractivity contribution is 9.10. The maximum absolute atomic E-state index is 14.8. The predicted molar refractivity (Wildman–Crippen MR) is 117 cm³/mol. The van der Waals surface area contributed by atoms with Crippen LogP contribution in [0.2, 0.25) is 0 Å². The molecule has 1 aliphatic heterocycles. The normalized spacial score (nSPS) is 20.9. The molecule has 4 rings (SSSR count). The van der Waals surface area contributed by atoms with Gasteiger partial charge in [0, 0.05) is 41.3 Å². The topological polar surface area (TPSA) is 102 Å². The third-order valence-corrected chi connectivity index (χ3v) is 7.57. The summed E-state index contributed by atoms with van der Waals surface area (Å²) in [7, 11) is -2.37. The predicted octanol–water partition coefficient (Wildman–Crippen LogP) is 2.93. The van der Waals surface area contributed by atoms with Crippen LogP contribution in [0.5, 0.6) is 0 Å². The molecule has 1 aromatic carbocycles. The molecule has 0 spiro atoms. The summed E-state index contributed by atoms with van der Waals surface area (Å²) in [5.74, 6) is -1.08. The summed E-state index contributed by atoms with van der Waals surface area (Å²) >= 11 is 3.41. The summed E-state index contributed by atoms with van der Waals surface area (Å²) in [6, 6.07) is 8.42. The fraction of sp³-hybridized carbons (Fsp3) is 0.250. The molecule has 0 aliphatic carbocycles. The van der Waals surface area contributed by atoms with Crippen LogP contribution in [-0.2, 0) is 22.0 Å². The van der Waals surface area contributed by atoms with E-state index in [-0.39, 0.29) is 17.3 Å². The van der Waals surface area contributed by atoms with Crippen LogP contribution in [-0.4, -0.2) is 41.5 Å². The summed E-state index contributed by atoms with van der Waals surface area (Å²) in [4.78, 5) is 13.2. The summed E-state index contributed by atoms with van der Waals surface area (Å²) in [6.07, 6.45) is 3.80. The zero-order chi connectivity index (χ0) is 21.7. The third-order valence-electron chi connectivity index (χ3n) is 5.19. The standard InChI is InChI=1S/C20H19BrFN5O2S/c1-20(11-30(28,29)27(2)19(23)26-20)15-7-12(3-4-16(15)22)8-17-18-13(5-6-24-17)9-14(21)10-25-18/h3-7,9-10H,8,11H2,1-2H3,(H2,23,26)/t20-/m0/s1. The molecular formula is C20H19BrFN5O2S. The number of hydrogen-bond acceptors (Lipinski definition) is 6. The van der Waals surface area contributed by atoms with Crippen LogP contribution < -0.4 is 5.73 Å². The van der Waals surface area contributed by atoms with E-state index in [1.54, 1.807) is 31.5 Å². The molecule has 0 radical (unpaired) electrons. The van der Waals surface area contributed by atoms with E-state index in [9.17, 15) is 12.8 Å². The van der Waals surface area contributed by atoms with E-state index in [4.69, 9.17) is 5.73 Å². The molecule has 1 atom stereocenters. The first-order chi connectivity index (χ1) is 14.1. The summed E-state index contributed by atoms with van der Waals surface area (Å²) in [5, 5.41) is 0.933. The lowest BCUT2D eigenvalue weighted by Gasteiger charge is -2.34. The Kier molecular flexibility index (Phi) is 5.01. The zero-order valence-corrected chi connectivity index (χ0v) is 18.7. The summed E-state index contributed by atoms with van der Waals surface area (Å²) < 4.78 is 41.5. The van der Waals surface area contributed by atoms with Crippen molar-refractivity contribution in [2.75, 3.05) is 12.8 Å². The van der Waals surface area contributed by atoms with Gasteiger partial charge in [-0.1, -0.05) is 12.1 Å². The largest absolute Gasteiger partial charge is 0.369 e. The van der Waals surface area contributed by atoms with E-state index in [1.165, 1.54) is 13.1 Å². The van der Waals surface area contributed by atoms with Gasteiger partial charge in [-0.3, -0.25) is 9.97 Å². The Bertz CT molecular complexity index is 1300. The van der Waals surface area contributed by atoms with Crippen molar-refractivity contribution >= 4 is 42.8 Å². The molecule has 0 bridgehead atoms. The van der Waals surface area contributed by atoms with Gasteiger partial charge in [-0.2, -0.15) is 0 Å². The van der Waals surface area contributed by atoms with Crippen LogP contribution in [0.25, 0.3) is 10.9 Å². The number of hydrogen-bond donors (Lipinski definition) is 1. The minimum absolute atomic E-state index is 0.168. The highest BCUT2D eigenvalue weighted by atomic mass is 79.9. The number of pyridine rings is 2. The van der Waals surface area contributed by atoms with Gasteiger partial charge in [0.25, 0.3) is 0 Å². The van der Waals surface area contributed by atoms with Crippen molar-refractivity contribution in [1.82, 2.24) is 14.3 Å². The van der Waals surface area contributed by atoms with Gasteiger partial charge in [0.2, 0.25) is 16.0 Å². The average molecular weight is 492 g/mol. The minimum Gasteiger partial charge on any atom is -0.369 e. The molecule has 10 heteroatoms. The van der Waals surface area contributed by atoms with E-state index in [0.717, 1.165) is 30.9 Å². The lowest BCUT2D eigenvalue weighted by molar-refractivity contribution is 0.457. The van der Waals surface area contributed by atoms with Crippen molar-refractivity contribution in [3.8, 4) is 0 Å². The van der Waals surface area contributed by atoms with E-state index >= 15 is 0 Å². The zero-order valence-electron chi connectivity index (χ0n) is 16.3. The number of nitrogens with zero attached hydrogens (tertiary/aromatic N) is 4. The van der Waals surface area contributed by atoms with E-state index in [2.05, 4.69) is 30.9 Å². The Morgan fingerprint density at radius 2 is 2.03 bits per heavy atom. The van der Waals surface area contributed by atoms with Crippen LogP contribution >= 0.6 is 15.9 Å². The first kappa shape index (κ1) is 20.7. The number of rotatable bonds is 3. The number of aliphatic imine (C=N–C) groups is 1. The van der Waals surface area contributed by atoms with Crippen LogP contribution in [0.1, 0.15) is 23.7 Å². The van der Waals surface area contributed by atoms with Gasteiger partial charge in [-0.05, 0) is 46.6 Å². The van der Waals surface area contributed by atoms with Crippen molar-refractivity contribution in [1.29, 1.82) is 0 Å². The first-order valence-electron chi connectivity index (χ1n) is 9.09. The lowest BCUT2D eigenvalue weighted by Crippen LogP contribution is -2.50. The summed E-state index contributed by atoms with van der Waals surface area (Å²) in [6.45, 7) is 1.57. The van der Waals surface area contributed by atoms with Crippen LogP contribution in [0, 0.1) is 5.82 Å². The molecule has 0 unspecified atom stereocenters. The lowest BCUT2D eigenvalue weighted by atomic mass is 9.91. The van der Waals surface area contributed by atoms with Crippen molar-refractivity contribution in [2.24, 2.45) is 10.7 Å². The number of sulfonamides is 1. The Labute approximate surface area is 182 Å². The molecular weight excluding hydrogens is 473 g/mol. The molecule has 3 aromatic rings. The van der Waals surface area contributed by atoms with E-state index in [1.807, 2.05) is 12.1 Å². The maximum Gasteiger partial charge on any atom is 0.239 e. The molecule has 2 aromatic heterocycles. The van der Waals surface area contributed by atoms with Crippen LogP contribution in [0.4, 0.5) is 4.39 Å². The molecule has 3 heterocycles. The first-order valence-corrected chi connectivity index (χ1v) is 11.5. The van der Waals surface area contributed by atoms with E-state index < -0.39 is 21.4 Å². The summed E-state index contributed by atoms with van der Waals surface area (Å²) in [5.41, 5.74) is 6.91. The smallest absolute Gasteiger partial charge is 0.239 e. The van der Waals surface area contributed by atoms with Crippen molar-refractivity contribution in [2.45, 2.75) is 18.9 Å². The van der Waals surface area contributed by atoms with Crippen molar-refractivity contribution in [3.05, 3.63) is 69.8 Å². The van der Waals surface area contributed by atoms with E-state index in [0.29, 0.717) is 6.42 Å². The molecule has 2 N–H and O–H groups in total. The van der Waals surface area contributed by atoms with Crippen molar-refractivity contribution in [3.63, 3.8) is 0 Å². The third kappa shape index (κ3) is 3.65. The van der Waals surface area contributed by atoms with Gasteiger partial charge in [-0.15, -0.1) is 0 Å². The number of aromatic nitrogens is 2. The fourth-order valence-electron chi connectivity index (χ4n) is 3.60. The molecule has 0 saturated heterocycles. The molecule has 0 fully saturated rings. The number of benzene rings is 1.